The van der Waals surface area contributed by atoms with E-state index in [2.05, 4.69) is 47.1 Å². The lowest BCUT2D eigenvalue weighted by Crippen LogP contribution is -2.42. The molecule has 2 unspecified atom stereocenters. The van der Waals surface area contributed by atoms with Gasteiger partial charge in [0.2, 0.25) is 0 Å². The highest BCUT2D eigenvalue weighted by atomic mass is 79.9. The van der Waals surface area contributed by atoms with Crippen LogP contribution in [0.25, 0.3) is 0 Å². The van der Waals surface area contributed by atoms with Crippen LogP contribution in [0, 0.1) is 0 Å². The lowest BCUT2D eigenvalue weighted by atomic mass is 10.1. The molecular weight excluding hydrogens is 656 g/mol. The molecule has 2 atom stereocenters. The average molecular weight is 676 g/mol. The van der Waals surface area contributed by atoms with Gasteiger partial charge in [-0.2, -0.15) is 16.8 Å². The number of carbonyl (C=O) groups is 1. The molecule has 1 aromatic carbocycles. The summed E-state index contributed by atoms with van der Waals surface area (Å²) in [6, 6.07) is 5.29. The molecule has 36 heavy (non-hydrogen) atoms. The highest BCUT2D eigenvalue weighted by molar-refractivity contribution is 9.11. The summed E-state index contributed by atoms with van der Waals surface area (Å²) in [5.41, 5.74) is -0.444. The van der Waals surface area contributed by atoms with Crippen molar-refractivity contribution in [1.29, 1.82) is 0 Å². The molecule has 198 valence electrons. The van der Waals surface area contributed by atoms with Gasteiger partial charge in [0.1, 0.15) is 17.2 Å². The summed E-state index contributed by atoms with van der Waals surface area (Å²) >= 11 is 6.48. The summed E-state index contributed by atoms with van der Waals surface area (Å²) in [6.45, 7) is -1.12. The summed E-state index contributed by atoms with van der Waals surface area (Å²) in [6.07, 6.45) is -1.95. The second-order valence-corrected chi connectivity index (χ2v) is 12.1. The minimum absolute atomic E-state index is 0.0260. The fourth-order valence-electron chi connectivity index (χ4n) is 2.95. The lowest BCUT2D eigenvalue weighted by Gasteiger charge is -2.29. The molecule has 0 radical (unpaired) electrons. The Hall–Kier alpha value is -2.06. The zero-order chi connectivity index (χ0) is 27.3. The van der Waals surface area contributed by atoms with Crippen LogP contribution in [0.3, 0.4) is 0 Å². The van der Waals surface area contributed by atoms with Gasteiger partial charge in [-0.3, -0.25) is 9.11 Å². The monoisotopic (exact) mass is 674 g/mol. The van der Waals surface area contributed by atoms with Crippen molar-refractivity contribution in [3.05, 3.63) is 45.0 Å². The van der Waals surface area contributed by atoms with Crippen molar-refractivity contribution < 1.29 is 46.1 Å². The molecule has 0 amide bonds. The van der Waals surface area contributed by atoms with Gasteiger partial charge in [-0.15, -0.1) is 10.2 Å². The Balaban J connectivity index is 2.43. The first-order valence-electron chi connectivity index (χ1n) is 9.65. The van der Waals surface area contributed by atoms with Crippen LogP contribution in [0.5, 0.6) is 0 Å². The molecule has 0 saturated heterocycles. The van der Waals surface area contributed by atoms with Crippen LogP contribution in [0.15, 0.2) is 49.6 Å². The molecule has 0 aliphatic heterocycles. The summed E-state index contributed by atoms with van der Waals surface area (Å²) in [4.78, 5) is 17.0. The van der Waals surface area contributed by atoms with Crippen LogP contribution in [0.2, 0.25) is 0 Å². The van der Waals surface area contributed by atoms with Crippen molar-refractivity contribution in [2.45, 2.75) is 12.2 Å². The zero-order valence-corrected chi connectivity index (χ0v) is 22.8. The second kappa shape index (κ2) is 12.5. The number of aromatic nitrogens is 1. The molecule has 1 heterocycles. The third-order valence-electron chi connectivity index (χ3n) is 4.28. The smallest absolute Gasteiger partial charge is 0.338 e. The van der Waals surface area contributed by atoms with Gasteiger partial charge in [0.15, 0.2) is 5.82 Å². The number of nitrogens with zero attached hydrogens (tertiary/aromatic N) is 4. The van der Waals surface area contributed by atoms with Gasteiger partial charge in [-0.1, -0.05) is 0 Å². The Morgan fingerprint density at radius 1 is 0.972 bits per heavy atom. The van der Waals surface area contributed by atoms with Crippen molar-refractivity contribution in [3.8, 4) is 0 Å². The molecule has 2 aromatic rings. The predicted molar refractivity (Wildman–Crippen MR) is 134 cm³/mol. The van der Waals surface area contributed by atoms with Gasteiger partial charge in [0.25, 0.3) is 20.2 Å². The molecule has 0 spiro atoms. The van der Waals surface area contributed by atoms with Gasteiger partial charge in [0.05, 0.1) is 22.2 Å². The Labute approximate surface area is 222 Å². The van der Waals surface area contributed by atoms with Gasteiger partial charge in [0, 0.05) is 29.4 Å². The fourth-order valence-corrected chi connectivity index (χ4v) is 5.20. The number of hydrogen-bond donors (Lipinski definition) is 5. The minimum Gasteiger partial charge on any atom is -0.478 e. The molecule has 2 rings (SSSR count). The van der Waals surface area contributed by atoms with Crippen molar-refractivity contribution >= 4 is 75.3 Å². The van der Waals surface area contributed by atoms with Gasteiger partial charge < -0.3 is 20.2 Å². The first-order valence-corrected chi connectivity index (χ1v) is 14.5. The number of halogens is 2. The largest absolute Gasteiger partial charge is 0.478 e. The number of pyridine rings is 1. The van der Waals surface area contributed by atoms with Crippen molar-refractivity contribution in [2.24, 2.45) is 10.2 Å². The quantitative estimate of drug-likeness (QED) is 0.161. The summed E-state index contributed by atoms with van der Waals surface area (Å²) in [5.74, 6) is -3.43. The highest BCUT2D eigenvalue weighted by Crippen LogP contribution is 2.30. The number of anilines is 1. The first-order chi connectivity index (χ1) is 16.5. The molecule has 5 N–H and O–H groups in total. The van der Waals surface area contributed by atoms with Crippen LogP contribution in [0.4, 0.5) is 17.2 Å². The maximum Gasteiger partial charge on any atom is 0.338 e. The number of benzene rings is 1. The molecule has 0 fully saturated rings. The summed E-state index contributed by atoms with van der Waals surface area (Å²) in [7, 11) is -9.17. The van der Waals surface area contributed by atoms with Gasteiger partial charge in [-0.25, -0.2) is 9.78 Å². The predicted octanol–water partition coefficient (Wildman–Crippen LogP) is 2.02. The van der Waals surface area contributed by atoms with E-state index in [1.807, 2.05) is 0 Å². The highest BCUT2D eigenvalue weighted by Gasteiger charge is 2.24. The van der Waals surface area contributed by atoms with E-state index in [0.717, 1.165) is 11.0 Å². The molecule has 18 heteroatoms. The Morgan fingerprint density at radius 3 is 2.00 bits per heavy atom. The number of aliphatic hydroxyl groups excluding tert-OH is 2. The average Bonchev–Trinajstić information content (AvgIpc) is 2.69. The molecule has 1 aromatic heterocycles. The number of hydrogen-bond acceptors (Lipinski definition) is 11. The van der Waals surface area contributed by atoms with Crippen LogP contribution in [-0.4, -0.2) is 89.0 Å². The van der Waals surface area contributed by atoms with E-state index in [-0.39, 0.29) is 22.8 Å². The van der Waals surface area contributed by atoms with E-state index in [1.165, 1.54) is 18.3 Å². The van der Waals surface area contributed by atoms with Crippen LogP contribution >= 0.6 is 31.9 Å². The molecule has 14 nitrogen and oxygen atoms in total. The lowest BCUT2D eigenvalue weighted by molar-refractivity contribution is 0.0697. The van der Waals surface area contributed by atoms with Crippen molar-refractivity contribution in [2.75, 3.05) is 29.5 Å². The van der Waals surface area contributed by atoms with E-state index < -0.39 is 63.0 Å². The third kappa shape index (κ3) is 10.1. The number of rotatable bonds is 12. The van der Waals surface area contributed by atoms with E-state index in [4.69, 9.17) is 9.11 Å². The van der Waals surface area contributed by atoms with Crippen LogP contribution in [0.1, 0.15) is 10.4 Å². The zero-order valence-electron chi connectivity index (χ0n) is 18.0. The SMILES string of the molecule is O=C(O)c1cc(N(CC(O)CS(=O)(=O)O)CC(O)CS(=O)(=O)O)ccc1/N=N/c1ncc(Br)cc1Br. The number of aromatic carboxylic acids is 1. The molecule has 0 aliphatic rings. The van der Waals surface area contributed by atoms with E-state index in [9.17, 15) is 36.9 Å². The van der Waals surface area contributed by atoms with E-state index >= 15 is 0 Å². The number of carboxylic acid groups (broad SMARTS) is 1. The Bertz CT molecular complexity index is 1310. The van der Waals surface area contributed by atoms with Crippen LogP contribution < -0.4 is 4.90 Å². The van der Waals surface area contributed by atoms with E-state index in [0.29, 0.717) is 8.95 Å². The number of azo groups is 1. The van der Waals surface area contributed by atoms with E-state index in [1.54, 1.807) is 6.07 Å². The first kappa shape index (κ1) is 30.2. The maximum atomic E-state index is 11.9. The molecule has 0 bridgehead atoms. The summed E-state index contributed by atoms with van der Waals surface area (Å²) < 4.78 is 63.4. The Kier molecular flexibility index (Phi) is 10.4. The Morgan fingerprint density at radius 2 is 1.53 bits per heavy atom. The molecule has 0 aliphatic carbocycles. The molecule has 0 saturated carbocycles. The maximum absolute atomic E-state index is 11.9. The van der Waals surface area contributed by atoms with Crippen LogP contribution in [-0.2, 0) is 20.2 Å². The van der Waals surface area contributed by atoms with Crippen molar-refractivity contribution in [1.82, 2.24) is 4.98 Å². The summed E-state index contributed by atoms with van der Waals surface area (Å²) in [5, 5.41) is 37.6. The second-order valence-electron chi connectivity index (χ2n) is 7.38. The third-order valence-corrected chi connectivity index (χ3v) is 6.91. The number of carboxylic acids is 1. The van der Waals surface area contributed by atoms with Gasteiger partial charge in [-0.05, 0) is 56.1 Å². The molecular formula is C18H20Br2N4O10S2. The minimum atomic E-state index is -4.59. The number of aliphatic hydroxyl groups is 2. The normalized spacial score (nSPS) is 14.1. The standard InChI is InChI=1S/C18H20Br2N4O10S2/c19-10-3-15(20)17(21-5-10)23-22-16-2-1-11(4-14(16)18(27)28)24(6-12(25)8-35(29,30)31)7-13(26)9-36(32,33)34/h1-5,12-13,25-26H,6-9H2,(H,27,28)(H,29,30,31)(H,32,33,34)/b23-22+. The topological polar surface area (TPSA) is 227 Å². The van der Waals surface area contributed by atoms with Crippen molar-refractivity contribution in [3.63, 3.8) is 0 Å². The van der Waals surface area contributed by atoms with Gasteiger partial charge >= 0.3 is 5.97 Å². The fraction of sp³-hybridized carbons (Fsp3) is 0.333.